The molecule has 0 atom stereocenters. The fourth-order valence-corrected chi connectivity index (χ4v) is 4.74. The topological polar surface area (TPSA) is 101 Å². The summed E-state index contributed by atoms with van der Waals surface area (Å²) in [6.45, 7) is -0.264. The molecule has 0 unspecified atom stereocenters. The van der Waals surface area contributed by atoms with Crippen LogP contribution in [0, 0.1) is 0 Å². The summed E-state index contributed by atoms with van der Waals surface area (Å²) < 4.78 is 2.43. The van der Waals surface area contributed by atoms with Crippen LogP contribution in [0.15, 0.2) is 77.0 Å². The molecule has 0 aliphatic rings. The van der Waals surface area contributed by atoms with Crippen LogP contribution in [0.1, 0.15) is 26.4 Å². The van der Waals surface area contributed by atoms with E-state index in [1.807, 2.05) is 6.07 Å². The van der Waals surface area contributed by atoms with Gasteiger partial charge in [-0.1, -0.05) is 29.8 Å². The van der Waals surface area contributed by atoms with E-state index in [0.717, 1.165) is 4.70 Å². The molecule has 34 heavy (non-hydrogen) atoms. The van der Waals surface area contributed by atoms with Gasteiger partial charge in [0.1, 0.15) is 5.69 Å². The molecule has 5 aromatic rings. The van der Waals surface area contributed by atoms with Crippen molar-refractivity contribution in [1.82, 2.24) is 14.9 Å². The molecule has 2 N–H and O–H groups in total. The van der Waals surface area contributed by atoms with Gasteiger partial charge in [0.15, 0.2) is 5.43 Å². The minimum Gasteiger partial charge on any atom is -0.477 e. The first kappa shape index (κ1) is 21.8. The first-order valence-electron chi connectivity index (χ1n) is 10.2. The number of aromatic carboxylic acids is 1. The maximum atomic E-state index is 13.4. The Labute approximate surface area is 201 Å². The van der Waals surface area contributed by atoms with Crippen molar-refractivity contribution in [3.8, 4) is 5.69 Å². The van der Waals surface area contributed by atoms with Gasteiger partial charge in [-0.25, -0.2) is 9.78 Å². The Morgan fingerprint density at radius 3 is 2.62 bits per heavy atom. The van der Waals surface area contributed by atoms with Gasteiger partial charge in [0.05, 0.1) is 26.8 Å². The smallest absolute Gasteiger partial charge is 0.353 e. The Morgan fingerprint density at radius 1 is 1.06 bits per heavy atom. The van der Waals surface area contributed by atoms with Gasteiger partial charge in [0.2, 0.25) is 0 Å². The number of amides is 1. The first-order chi connectivity index (χ1) is 16.4. The van der Waals surface area contributed by atoms with Crippen molar-refractivity contribution in [2.24, 2.45) is 0 Å². The second kappa shape index (κ2) is 8.74. The summed E-state index contributed by atoms with van der Waals surface area (Å²) in [4.78, 5) is 42.8. The van der Waals surface area contributed by atoms with E-state index in [-0.39, 0.29) is 17.8 Å². The number of carboxylic acids is 1. The molecule has 0 radical (unpaired) electrons. The Kier molecular flexibility index (Phi) is 5.61. The van der Waals surface area contributed by atoms with Crippen molar-refractivity contribution in [2.45, 2.75) is 6.54 Å². The van der Waals surface area contributed by atoms with E-state index in [2.05, 4.69) is 10.3 Å². The molecule has 2 aromatic heterocycles. The van der Waals surface area contributed by atoms with Gasteiger partial charge >= 0.3 is 5.97 Å². The second-order valence-electron chi connectivity index (χ2n) is 7.51. The highest BCUT2D eigenvalue weighted by molar-refractivity contribution is 7.16. The zero-order valence-electron chi connectivity index (χ0n) is 17.5. The molecule has 0 saturated carbocycles. The molecular formula is C25H16ClN3O4S. The molecule has 0 aliphatic carbocycles. The summed E-state index contributed by atoms with van der Waals surface area (Å²) in [5.41, 5.74) is 2.92. The number of rotatable bonds is 5. The molecule has 5 rings (SSSR count). The van der Waals surface area contributed by atoms with Crippen LogP contribution in [0.3, 0.4) is 0 Å². The molecule has 0 fully saturated rings. The third kappa shape index (κ3) is 3.83. The summed E-state index contributed by atoms with van der Waals surface area (Å²) in [5, 5.41) is 13.5. The quantitative estimate of drug-likeness (QED) is 0.366. The second-order valence-corrected chi connectivity index (χ2v) is 8.83. The maximum Gasteiger partial charge on any atom is 0.353 e. The van der Waals surface area contributed by atoms with Gasteiger partial charge in [-0.15, -0.1) is 11.3 Å². The molecule has 0 saturated heterocycles. The summed E-state index contributed by atoms with van der Waals surface area (Å²) in [7, 11) is 0. The van der Waals surface area contributed by atoms with Gasteiger partial charge in [0.25, 0.3) is 5.91 Å². The molecule has 1 amide bonds. The zero-order chi connectivity index (χ0) is 23.8. The van der Waals surface area contributed by atoms with E-state index in [0.29, 0.717) is 32.7 Å². The summed E-state index contributed by atoms with van der Waals surface area (Å²) >= 11 is 7.65. The van der Waals surface area contributed by atoms with Gasteiger partial charge in [-0.05, 0) is 48.5 Å². The minimum atomic E-state index is -1.30. The SMILES string of the molecule is O=C(NCc1c(C(=O)O)n(-c2ccccc2)c2cc(Cl)ccc2c1=O)c1ccc2scnc2c1. The van der Waals surface area contributed by atoms with E-state index in [1.165, 1.54) is 15.9 Å². The number of para-hydroxylation sites is 1. The molecular weight excluding hydrogens is 474 g/mol. The predicted molar refractivity (Wildman–Crippen MR) is 132 cm³/mol. The third-order valence-corrected chi connectivity index (χ3v) is 6.51. The van der Waals surface area contributed by atoms with Crippen LogP contribution in [0.4, 0.5) is 0 Å². The van der Waals surface area contributed by atoms with Crippen LogP contribution in [0.5, 0.6) is 0 Å². The number of nitrogens with zero attached hydrogens (tertiary/aromatic N) is 2. The standard InChI is InChI=1S/C25H16ClN3O4S/c26-15-7-8-17-20(11-15)29(16-4-2-1-3-5-16)22(25(32)33)18(23(17)30)12-27-24(31)14-6-9-21-19(10-14)28-13-34-21/h1-11,13H,12H2,(H,27,31)(H,32,33). The van der Waals surface area contributed by atoms with Gasteiger partial charge in [-0.3, -0.25) is 9.59 Å². The number of carbonyl (C=O) groups excluding carboxylic acids is 1. The van der Waals surface area contributed by atoms with E-state index in [4.69, 9.17) is 11.6 Å². The Morgan fingerprint density at radius 2 is 1.85 bits per heavy atom. The van der Waals surface area contributed by atoms with Crippen molar-refractivity contribution in [3.05, 3.63) is 104 Å². The number of carbonyl (C=O) groups is 2. The zero-order valence-corrected chi connectivity index (χ0v) is 19.1. The lowest BCUT2D eigenvalue weighted by atomic mass is 10.1. The lowest BCUT2D eigenvalue weighted by molar-refractivity contribution is 0.0685. The van der Waals surface area contributed by atoms with Crippen LogP contribution in [-0.4, -0.2) is 26.5 Å². The van der Waals surface area contributed by atoms with Crippen LogP contribution < -0.4 is 10.7 Å². The molecule has 0 aliphatic heterocycles. The highest BCUT2D eigenvalue weighted by atomic mass is 35.5. The Hall–Kier alpha value is -4.01. The molecule has 3 aromatic carbocycles. The number of hydrogen-bond donors (Lipinski definition) is 2. The number of benzene rings is 3. The third-order valence-electron chi connectivity index (χ3n) is 5.46. The van der Waals surface area contributed by atoms with Gasteiger partial charge in [-0.2, -0.15) is 0 Å². The molecule has 7 nitrogen and oxygen atoms in total. The number of nitrogens with one attached hydrogen (secondary N) is 1. The Balaban J connectivity index is 1.64. The summed E-state index contributed by atoms with van der Waals surface area (Å²) in [6, 6.07) is 18.6. The van der Waals surface area contributed by atoms with E-state index < -0.39 is 17.3 Å². The van der Waals surface area contributed by atoms with Crippen molar-refractivity contribution < 1.29 is 14.7 Å². The number of thiazole rings is 1. The molecule has 168 valence electrons. The van der Waals surface area contributed by atoms with E-state index in [9.17, 15) is 19.5 Å². The molecule has 0 spiro atoms. The summed E-state index contributed by atoms with van der Waals surface area (Å²) in [5.74, 6) is -1.73. The van der Waals surface area contributed by atoms with Crippen LogP contribution >= 0.6 is 22.9 Å². The minimum absolute atomic E-state index is 0.0331. The average molecular weight is 490 g/mol. The average Bonchev–Trinajstić information content (AvgIpc) is 3.31. The van der Waals surface area contributed by atoms with Crippen LogP contribution in [0.2, 0.25) is 5.02 Å². The van der Waals surface area contributed by atoms with E-state index in [1.54, 1.807) is 66.2 Å². The number of halogens is 1. The highest BCUT2D eigenvalue weighted by Crippen LogP contribution is 2.25. The van der Waals surface area contributed by atoms with Gasteiger partial charge in [0, 0.05) is 28.2 Å². The van der Waals surface area contributed by atoms with Crippen molar-refractivity contribution in [1.29, 1.82) is 0 Å². The predicted octanol–water partition coefficient (Wildman–Crippen LogP) is 4.88. The number of hydrogen-bond acceptors (Lipinski definition) is 5. The number of pyridine rings is 1. The molecule has 2 heterocycles. The molecule has 9 heteroatoms. The highest BCUT2D eigenvalue weighted by Gasteiger charge is 2.24. The van der Waals surface area contributed by atoms with Crippen molar-refractivity contribution in [2.75, 3.05) is 0 Å². The lowest BCUT2D eigenvalue weighted by Gasteiger charge is -2.19. The first-order valence-corrected chi connectivity index (χ1v) is 11.5. The largest absolute Gasteiger partial charge is 0.477 e. The normalized spacial score (nSPS) is 11.1. The fourth-order valence-electron chi connectivity index (χ4n) is 3.91. The van der Waals surface area contributed by atoms with Gasteiger partial charge < -0.3 is 15.0 Å². The van der Waals surface area contributed by atoms with Crippen molar-refractivity contribution in [3.63, 3.8) is 0 Å². The lowest BCUT2D eigenvalue weighted by Crippen LogP contribution is -2.30. The Bertz CT molecular complexity index is 1640. The van der Waals surface area contributed by atoms with Crippen LogP contribution in [0.25, 0.3) is 26.8 Å². The number of aromatic nitrogens is 2. The maximum absolute atomic E-state index is 13.4. The van der Waals surface area contributed by atoms with Crippen molar-refractivity contribution >= 4 is 55.9 Å². The monoisotopic (exact) mass is 489 g/mol. The van der Waals surface area contributed by atoms with Crippen LogP contribution in [-0.2, 0) is 6.54 Å². The molecule has 0 bridgehead atoms. The summed E-state index contributed by atoms with van der Waals surface area (Å²) in [6.07, 6.45) is 0. The fraction of sp³-hybridized carbons (Fsp3) is 0.0400. The number of carboxylic acid groups (broad SMARTS) is 1. The van der Waals surface area contributed by atoms with E-state index >= 15 is 0 Å². The number of fused-ring (bicyclic) bond motifs is 2.